The van der Waals surface area contributed by atoms with Crippen LogP contribution in [0.4, 0.5) is 20.2 Å². The summed E-state index contributed by atoms with van der Waals surface area (Å²) in [7, 11) is 3.93. The minimum atomic E-state index is -2.90. The highest BCUT2D eigenvalue weighted by atomic mass is 19.3. The smallest absolute Gasteiger partial charge is 0.387 e. The van der Waals surface area contributed by atoms with Gasteiger partial charge in [-0.15, -0.1) is 0 Å². The summed E-state index contributed by atoms with van der Waals surface area (Å²) in [6.07, 6.45) is 3.29. The molecule has 3 rings (SSSR count). The van der Waals surface area contributed by atoms with E-state index in [1.54, 1.807) is 42.5 Å². The second-order valence-electron chi connectivity index (χ2n) is 8.92. The second kappa shape index (κ2) is 12.1. The van der Waals surface area contributed by atoms with Crippen molar-refractivity contribution in [1.82, 2.24) is 0 Å². The fraction of sp³-hybridized carbons (Fsp3) is 0.241. The lowest BCUT2D eigenvalue weighted by molar-refractivity contribution is -0.118. The summed E-state index contributed by atoms with van der Waals surface area (Å²) in [5.74, 6) is -0.863. The number of allylic oxidation sites excluding steroid dienone is 1. The number of halogens is 2. The van der Waals surface area contributed by atoms with Gasteiger partial charge < -0.3 is 15.0 Å². The van der Waals surface area contributed by atoms with Crippen LogP contribution in [0.25, 0.3) is 6.08 Å². The van der Waals surface area contributed by atoms with Gasteiger partial charge in [0.25, 0.3) is 0 Å². The SMILES string of the molecule is CC(C)C(C(=O)Nc1ccc(C(=O)C=Cc2ccc(N(C)C)cc2)cc1)c1ccc(OC(F)F)cc1. The molecule has 1 N–H and O–H groups in total. The van der Waals surface area contributed by atoms with Crippen molar-refractivity contribution in [3.05, 3.63) is 95.6 Å². The summed E-state index contributed by atoms with van der Waals surface area (Å²) in [6, 6.07) is 20.6. The van der Waals surface area contributed by atoms with Crippen LogP contribution >= 0.6 is 0 Å². The van der Waals surface area contributed by atoms with Crippen LogP contribution in [0.3, 0.4) is 0 Å². The highest BCUT2D eigenvalue weighted by molar-refractivity contribution is 6.07. The maximum absolute atomic E-state index is 13.0. The van der Waals surface area contributed by atoms with Gasteiger partial charge >= 0.3 is 6.61 Å². The summed E-state index contributed by atoms with van der Waals surface area (Å²) >= 11 is 0. The average molecular weight is 493 g/mol. The normalized spacial score (nSPS) is 12.1. The molecule has 1 amide bonds. The number of rotatable bonds is 10. The molecule has 0 bridgehead atoms. The Hall–Kier alpha value is -4.00. The third-order valence-electron chi connectivity index (χ3n) is 5.69. The molecule has 7 heteroatoms. The summed E-state index contributed by atoms with van der Waals surface area (Å²) in [4.78, 5) is 27.6. The van der Waals surface area contributed by atoms with Crippen molar-refractivity contribution in [3.63, 3.8) is 0 Å². The Bertz CT molecular complexity index is 1190. The molecule has 0 saturated carbocycles. The standard InChI is InChI=1S/C29H30F2N2O3/c1-19(2)27(22-10-16-25(17-11-22)36-29(30)31)28(35)32-23-12-8-21(9-13-23)26(34)18-7-20-5-14-24(15-6-20)33(3)4/h5-19,27,29H,1-4H3,(H,32,35). The average Bonchev–Trinajstić information content (AvgIpc) is 2.84. The number of amides is 1. The van der Waals surface area contributed by atoms with Crippen LogP contribution in [0.5, 0.6) is 5.75 Å². The molecule has 0 aliphatic rings. The molecule has 1 unspecified atom stereocenters. The maximum Gasteiger partial charge on any atom is 0.387 e. The molecule has 0 fully saturated rings. The monoisotopic (exact) mass is 492 g/mol. The molecule has 0 aliphatic carbocycles. The minimum absolute atomic E-state index is 0.0374. The van der Waals surface area contributed by atoms with Crippen molar-refractivity contribution < 1.29 is 23.1 Å². The number of hydrogen-bond donors (Lipinski definition) is 1. The molecular weight excluding hydrogens is 462 g/mol. The van der Waals surface area contributed by atoms with Gasteiger partial charge in [-0.05, 0) is 71.7 Å². The molecule has 5 nitrogen and oxygen atoms in total. The van der Waals surface area contributed by atoms with E-state index in [1.165, 1.54) is 18.2 Å². The van der Waals surface area contributed by atoms with E-state index in [1.807, 2.05) is 57.1 Å². The largest absolute Gasteiger partial charge is 0.435 e. The first-order valence-corrected chi connectivity index (χ1v) is 11.6. The summed E-state index contributed by atoms with van der Waals surface area (Å²) in [5.41, 5.74) is 3.76. The van der Waals surface area contributed by atoms with Crippen LogP contribution in [-0.2, 0) is 4.79 Å². The Kier molecular flexibility index (Phi) is 8.95. The highest BCUT2D eigenvalue weighted by Crippen LogP contribution is 2.28. The molecule has 0 radical (unpaired) electrons. The lowest BCUT2D eigenvalue weighted by Gasteiger charge is -2.21. The number of alkyl halides is 2. The van der Waals surface area contributed by atoms with E-state index in [-0.39, 0.29) is 23.4 Å². The van der Waals surface area contributed by atoms with Gasteiger partial charge in [0.1, 0.15) is 5.75 Å². The summed E-state index contributed by atoms with van der Waals surface area (Å²) in [5, 5.41) is 2.88. The predicted octanol–water partition coefficient (Wildman–Crippen LogP) is 6.63. The Labute approximate surface area is 210 Å². The Morgan fingerprint density at radius 3 is 2.03 bits per heavy atom. The van der Waals surface area contributed by atoms with E-state index in [9.17, 15) is 18.4 Å². The van der Waals surface area contributed by atoms with Crippen LogP contribution in [0.1, 0.15) is 41.3 Å². The number of carbonyl (C=O) groups excluding carboxylic acids is 2. The molecule has 3 aromatic carbocycles. The molecule has 0 spiro atoms. The highest BCUT2D eigenvalue weighted by Gasteiger charge is 2.24. The lowest BCUT2D eigenvalue weighted by atomic mass is 9.87. The van der Waals surface area contributed by atoms with Gasteiger partial charge in [-0.3, -0.25) is 9.59 Å². The van der Waals surface area contributed by atoms with Crippen molar-refractivity contribution in [2.24, 2.45) is 5.92 Å². The van der Waals surface area contributed by atoms with Gasteiger partial charge in [0.05, 0.1) is 5.92 Å². The van der Waals surface area contributed by atoms with Gasteiger partial charge in [-0.25, -0.2) is 0 Å². The van der Waals surface area contributed by atoms with E-state index in [0.717, 1.165) is 11.3 Å². The molecule has 0 aliphatic heterocycles. The summed E-state index contributed by atoms with van der Waals surface area (Å²) < 4.78 is 29.2. The van der Waals surface area contributed by atoms with Crippen LogP contribution < -0.4 is 15.0 Å². The van der Waals surface area contributed by atoms with E-state index in [4.69, 9.17) is 0 Å². The van der Waals surface area contributed by atoms with Gasteiger partial charge in [0.2, 0.25) is 5.91 Å². The fourth-order valence-corrected chi connectivity index (χ4v) is 3.79. The molecule has 36 heavy (non-hydrogen) atoms. The van der Waals surface area contributed by atoms with E-state index < -0.39 is 12.5 Å². The van der Waals surface area contributed by atoms with Gasteiger partial charge in [-0.2, -0.15) is 8.78 Å². The van der Waals surface area contributed by atoms with Crippen molar-refractivity contribution in [3.8, 4) is 5.75 Å². The zero-order valence-corrected chi connectivity index (χ0v) is 20.7. The molecule has 3 aromatic rings. The zero-order valence-electron chi connectivity index (χ0n) is 20.7. The first-order chi connectivity index (χ1) is 17.1. The number of benzene rings is 3. The lowest BCUT2D eigenvalue weighted by Crippen LogP contribution is -2.25. The number of hydrogen-bond acceptors (Lipinski definition) is 4. The summed E-state index contributed by atoms with van der Waals surface area (Å²) in [6.45, 7) is 0.923. The number of anilines is 2. The van der Waals surface area contributed by atoms with Crippen molar-refractivity contribution in [2.75, 3.05) is 24.3 Å². The van der Waals surface area contributed by atoms with Crippen molar-refractivity contribution >= 4 is 29.1 Å². The Balaban J connectivity index is 1.64. The molecule has 0 heterocycles. The third-order valence-corrected chi connectivity index (χ3v) is 5.69. The van der Waals surface area contributed by atoms with Crippen LogP contribution in [0.15, 0.2) is 78.9 Å². The molecule has 188 valence electrons. The Morgan fingerprint density at radius 2 is 1.50 bits per heavy atom. The van der Waals surface area contributed by atoms with Crippen LogP contribution in [0.2, 0.25) is 0 Å². The number of nitrogens with one attached hydrogen (secondary N) is 1. The molecule has 1 atom stereocenters. The fourth-order valence-electron chi connectivity index (χ4n) is 3.79. The first kappa shape index (κ1) is 26.6. The van der Waals surface area contributed by atoms with E-state index in [2.05, 4.69) is 10.1 Å². The van der Waals surface area contributed by atoms with Crippen LogP contribution in [0, 0.1) is 5.92 Å². The van der Waals surface area contributed by atoms with Gasteiger partial charge in [0.15, 0.2) is 5.78 Å². The number of carbonyl (C=O) groups is 2. The zero-order chi connectivity index (χ0) is 26.2. The Morgan fingerprint density at radius 1 is 0.889 bits per heavy atom. The molecular formula is C29H30F2N2O3. The van der Waals surface area contributed by atoms with Gasteiger partial charge in [0, 0.05) is 31.0 Å². The number of ketones is 1. The number of ether oxygens (including phenoxy) is 1. The quantitative estimate of drug-likeness (QED) is 0.255. The predicted molar refractivity (Wildman–Crippen MR) is 140 cm³/mol. The number of nitrogens with zero attached hydrogens (tertiary/aromatic N) is 1. The second-order valence-corrected chi connectivity index (χ2v) is 8.92. The minimum Gasteiger partial charge on any atom is -0.435 e. The van der Waals surface area contributed by atoms with Gasteiger partial charge in [-0.1, -0.05) is 44.2 Å². The maximum atomic E-state index is 13.0. The van der Waals surface area contributed by atoms with E-state index in [0.29, 0.717) is 16.8 Å². The third kappa shape index (κ3) is 7.25. The van der Waals surface area contributed by atoms with Crippen molar-refractivity contribution in [1.29, 1.82) is 0 Å². The first-order valence-electron chi connectivity index (χ1n) is 11.6. The topological polar surface area (TPSA) is 58.6 Å². The molecule has 0 aromatic heterocycles. The van der Waals surface area contributed by atoms with Crippen molar-refractivity contribution in [2.45, 2.75) is 26.4 Å². The molecule has 0 saturated heterocycles. The van der Waals surface area contributed by atoms with Crippen LogP contribution in [-0.4, -0.2) is 32.4 Å². The van der Waals surface area contributed by atoms with E-state index >= 15 is 0 Å².